The minimum atomic E-state index is -1.31. The Morgan fingerprint density at radius 3 is 2.73 bits per heavy atom. The Balaban J connectivity index is 1.55. The van der Waals surface area contributed by atoms with E-state index in [-0.39, 0.29) is 18.3 Å². The summed E-state index contributed by atoms with van der Waals surface area (Å²) in [5.41, 5.74) is 0.349. The Bertz CT molecular complexity index is 959. The number of halogens is 1. The van der Waals surface area contributed by atoms with Crippen molar-refractivity contribution in [1.82, 2.24) is 14.7 Å². The predicted molar refractivity (Wildman–Crippen MR) is 95.5 cm³/mol. The van der Waals surface area contributed by atoms with Gasteiger partial charge in [-0.1, -0.05) is 18.2 Å². The molecule has 0 spiro atoms. The average molecular weight is 353 g/mol. The first-order valence-corrected chi connectivity index (χ1v) is 8.69. The highest BCUT2D eigenvalue weighted by molar-refractivity contribution is 5.99. The second-order valence-corrected chi connectivity index (χ2v) is 7.01. The summed E-state index contributed by atoms with van der Waals surface area (Å²) >= 11 is 0. The van der Waals surface area contributed by atoms with Gasteiger partial charge in [0.15, 0.2) is 5.69 Å². The maximum Gasteiger partial charge on any atom is 0.272 e. The summed E-state index contributed by atoms with van der Waals surface area (Å²) < 4.78 is 15.0. The standard InChI is InChI=1S/C20H20FN3O2/c1-20(26,14-7-9-15(21)10-8-14)12-22-19(25)17-16-4-2-3-11-24(16)18(23-17)13-5-6-13/h2-4,7-11,13,26H,5-6,12H2,1H3,(H,22,25). The number of rotatable bonds is 5. The van der Waals surface area contributed by atoms with E-state index in [1.165, 1.54) is 24.3 Å². The third kappa shape index (κ3) is 3.08. The smallest absolute Gasteiger partial charge is 0.272 e. The molecule has 6 heteroatoms. The zero-order valence-electron chi connectivity index (χ0n) is 14.4. The van der Waals surface area contributed by atoms with Crippen molar-refractivity contribution in [3.63, 3.8) is 0 Å². The molecule has 4 rings (SSSR count). The number of nitrogens with one attached hydrogen (secondary N) is 1. The van der Waals surface area contributed by atoms with Crippen molar-refractivity contribution >= 4 is 11.4 Å². The Labute approximate surface area is 150 Å². The van der Waals surface area contributed by atoms with Gasteiger partial charge in [0.05, 0.1) is 12.1 Å². The molecule has 1 amide bonds. The Hall–Kier alpha value is -2.73. The van der Waals surface area contributed by atoms with Gasteiger partial charge in [-0.15, -0.1) is 0 Å². The van der Waals surface area contributed by atoms with Crippen molar-refractivity contribution < 1.29 is 14.3 Å². The van der Waals surface area contributed by atoms with Gasteiger partial charge >= 0.3 is 0 Å². The van der Waals surface area contributed by atoms with E-state index in [1.807, 2.05) is 28.8 Å². The van der Waals surface area contributed by atoms with E-state index < -0.39 is 5.60 Å². The van der Waals surface area contributed by atoms with E-state index >= 15 is 0 Å². The van der Waals surface area contributed by atoms with Crippen molar-refractivity contribution in [3.05, 3.63) is 71.6 Å². The lowest BCUT2D eigenvalue weighted by Gasteiger charge is -2.24. The molecule has 1 aliphatic rings. The fourth-order valence-electron chi connectivity index (χ4n) is 3.11. The van der Waals surface area contributed by atoms with Crippen LogP contribution < -0.4 is 5.32 Å². The number of aliphatic hydroxyl groups is 1. The van der Waals surface area contributed by atoms with Crippen LogP contribution in [0.1, 0.15) is 47.6 Å². The second-order valence-electron chi connectivity index (χ2n) is 7.01. The molecule has 1 aromatic carbocycles. The Kier molecular flexibility index (Phi) is 4.00. The molecule has 5 nitrogen and oxygen atoms in total. The van der Waals surface area contributed by atoms with E-state index in [0.717, 1.165) is 24.2 Å². The van der Waals surface area contributed by atoms with Crippen LogP contribution in [0.3, 0.4) is 0 Å². The van der Waals surface area contributed by atoms with Crippen LogP contribution >= 0.6 is 0 Å². The maximum atomic E-state index is 13.1. The third-order valence-electron chi connectivity index (χ3n) is 4.79. The third-order valence-corrected chi connectivity index (χ3v) is 4.79. The Morgan fingerprint density at radius 2 is 2.04 bits per heavy atom. The number of hydrogen-bond donors (Lipinski definition) is 2. The average Bonchev–Trinajstić information content (AvgIpc) is 3.40. The Morgan fingerprint density at radius 1 is 1.31 bits per heavy atom. The predicted octanol–water partition coefficient (Wildman–Crippen LogP) is 2.99. The first-order chi connectivity index (χ1) is 12.5. The topological polar surface area (TPSA) is 66.6 Å². The number of fused-ring (bicyclic) bond motifs is 1. The highest BCUT2D eigenvalue weighted by Crippen LogP contribution is 2.40. The minimum absolute atomic E-state index is 0.00206. The minimum Gasteiger partial charge on any atom is -0.384 e. The summed E-state index contributed by atoms with van der Waals surface area (Å²) in [6.07, 6.45) is 4.10. The van der Waals surface area contributed by atoms with Gasteiger partial charge in [-0.05, 0) is 49.6 Å². The number of pyridine rings is 1. The van der Waals surface area contributed by atoms with E-state index in [2.05, 4.69) is 10.3 Å². The molecule has 134 valence electrons. The van der Waals surface area contributed by atoms with E-state index in [1.54, 1.807) is 6.92 Å². The highest BCUT2D eigenvalue weighted by Gasteiger charge is 2.31. The largest absolute Gasteiger partial charge is 0.384 e. The number of aromatic nitrogens is 2. The van der Waals surface area contributed by atoms with Crippen LogP contribution in [-0.2, 0) is 5.60 Å². The van der Waals surface area contributed by atoms with Crippen molar-refractivity contribution in [2.45, 2.75) is 31.3 Å². The molecule has 1 aliphatic carbocycles. The van der Waals surface area contributed by atoms with Crippen LogP contribution in [-0.4, -0.2) is 26.9 Å². The van der Waals surface area contributed by atoms with Gasteiger partial charge in [0, 0.05) is 12.1 Å². The van der Waals surface area contributed by atoms with E-state index in [4.69, 9.17) is 0 Å². The number of benzene rings is 1. The van der Waals surface area contributed by atoms with Crippen molar-refractivity contribution in [3.8, 4) is 0 Å². The number of nitrogens with zero attached hydrogens (tertiary/aromatic N) is 2. The summed E-state index contributed by atoms with van der Waals surface area (Å²) in [6.45, 7) is 1.59. The molecule has 0 aliphatic heterocycles. The number of carbonyl (C=O) groups excluding carboxylic acids is 1. The number of carbonyl (C=O) groups is 1. The molecule has 1 saturated carbocycles. The number of hydrogen-bond acceptors (Lipinski definition) is 3. The van der Waals surface area contributed by atoms with Crippen LogP contribution in [0.15, 0.2) is 48.7 Å². The second kappa shape index (κ2) is 6.21. The van der Waals surface area contributed by atoms with Gasteiger partial charge in [0.1, 0.15) is 17.2 Å². The molecule has 1 atom stereocenters. The van der Waals surface area contributed by atoms with Crippen LogP contribution in [0.5, 0.6) is 0 Å². The molecular formula is C20H20FN3O2. The molecular weight excluding hydrogens is 333 g/mol. The van der Waals surface area contributed by atoms with Gasteiger partial charge < -0.3 is 14.8 Å². The molecule has 26 heavy (non-hydrogen) atoms. The molecule has 0 bridgehead atoms. The molecule has 0 saturated heterocycles. The summed E-state index contributed by atoms with van der Waals surface area (Å²) in [5.74, 6) is 0.624. The molecule has 3 aromatic rings. The fraction of sp³-hybridized carbons (Fsp3) is 0.300. The van der Waals surface area contributed by atoms with Gasteiger partial charge in [0.25, 0.3) is 5.91 Å². The fourth-order valence-corrected chi connectivity index (χ4v) is 3.11. The van der Waals surface area contributed by atoms with Crippen LogP contribution in [0.4, 0.5) is 4.39 Å². The first-order valence-electron chi connectivity index (χ1n) is 8.69. The molecule has 2 heterocycles. The number of imidazole rings is 1. The first kappa shape index (κ1) is 16.7. The van der Waals surface area contributed by atoms with Gasteiger partial charge in [-0.2, -0.15) is 0 Å². The van der Waals surface area contributed by atoms with Crippen molar-refractivity contribution in [1.29, 1.82) is 0 Å². The lowest BCUT2D eigenvalue weighted by atomic mass is 9.96. The summed E-state index contributed by atoms with van der Waals surface area (Å²) in [5, 5.41) is 13.4. The van der Waals surface area contributed by atoms with Crippen molar-refractivity contribution in [2.24, 2.45) is 0 Å². The maximum absolute atomic E-state index is 13.1. The van der Waals surface area contributed by atoms with Gasteiger partial charge in [0.2, 0.25) is 0 Å². The van der Waals surface area contributed by atoms with E-state index in [0.29, 0.717) is 17.2 Å². The molecule has 2 N–H and O–H groups in total. The zero-order valence-corrected chi connectivity index (χ0v) is 14.4. The van der Waals surface area contributed by atoms with Crippen molar-refractivity contribution in [2.75, 3.05) is 6.54 Å². The highest BCUT2D eigenvalue weighted by atomic mass is 19.1. The number of amides is 1. The molecule has 1 unspecified atom stereocenters. The monoisotopic (exact) mass is 353 g/mol. The summed E-state index contributed by atoms with van der Waals surface area (Å²) in [4.78, 5) is 17.2. The zero-order chi connectivity index (χ0) is 18.3. The lowest BCUT2D eigenvalue weighted by molar-refractivity contribution is 0.0525. The molecule has 1 fully saturated rings. The van der Waals surface area contributed by atoms with E-state index in [9.17, 15) is 14.3 Å². The SMILES string of the molecule is CC(O)(CNC(=O)c1nc(C2CC2)n2ccccc12)c1ccc(F)cc1. The van der Waals surface area contributed by atoms with Crippen LogP contribution in [0.25, 0.3) is 5.52 Å². The normalized spacial score (nSPS) is 16.4. The molecule has 2 aromatic heterocycles. The van der Waals surface area contributed by atoms with Crippen LogP contribution in [0.2, 0.25) is 0 Å². The quantitative estimate of drug-likeness (QED) is 0.741. The summed E-state index contributed by atoms with van der Waals surface area (Å²) in [6, 6.07) is 11.3. The van der Waals surface area contributed by atoms with Gasteiger partial charge in [-0.25, -0.2) is 9.37 Å². The lowest BCUT2D eigenvalue weighted by Crippen LogP contribution is -2.38. The van der Waals surface area contributed by atoms with Gasteiger partial charge in [-0.3, -0.25) is 4.79 Å². The summed E-state index contributed by atoms with van der Waals surface area (Å²) in [7, 11) is 0. The van der Waals surface area contributed by atoms with Crippen LogP contribution in [0, 0.1) is 5.82 Å². The molecule has 0 radical (unpaired) electrons.